The van der Waals surface area contributed by atoms with Crippen molar-refractivity contribution in [1.29, 1.82) is 0 Å². The van der Waals surface area contributed by atoms with Gasteiger partial charge < -0.3 is 9.73 Å². The Morgan fingerprint density at radius 3 is 2.73 bits per heavy atom. The first-order valence-electron chi connectivity index (χ1n) is 8.17. The van der Waals surface area contributed by atoms with Crippen LogP contribution >= 0.6 is 11.6 Å². The van der Waals surface area contributed by atoms with Crippen LogP contribution in [-0.2, 0) is 6.54 Å². The number of fused-ring (bicyclic) bond motifs is 1. The first-order valence-corrected chi connectivity index (χ1v) is 8.55. The summed E-state index contributed by atoms with van der Waals surface area (Å²) in [7, 11) is 0. The van der Waals surface area contributed by atoms with Crippen LogP contribution in [0.1, 0.15) is 21.7 Å². The molecule has 4 aromatic rings. The van der Waals surface area contributed by atoms with Gasteiger partial charge in [0.05, 0.1) is 11.9 Å². The third kappa shape index (κ3) is 3.09. The molecule has 0 spiro atoms. The maximum atomic E-state index is 12.5. The van der Waals surface area contributed by atoms with Crippen molar-refractivity contribution in [1.82, 2.24) is 15.1 Å². The molecule has 1 N–H and O–H groups in total. The van der Waals surface area contributed by atoms with Crippen molar-refractivity contribution in [3.8, 4) is 5.69 Å². The van der Waals surface area contributed by atoms with Crippen LogP contribution in [0.5, 0.6) is 0 Å². The van der Waals surface area contributed by atoms with Gasteiger partial charge in [-0.3, -0.25) is 4.79 Å². The Kier molecular flexibility index (Phi) is 4.22. The van der Waals surface area contributed by atoms with E-state index in [-0.39, 0.29) is 5.91 Å². The van der Waals surface area contributed by atoms with Gasteiger partial charge in [0.1, 0.15) is 5.58 Å². The predicted molar refractivity (Wildman–Crippen MR) is 101 cm³/mol. The zero-order valence-electron chi connectivity index (χ0n) is 14.1. The van der Waals surface area contributed by atoms with E-state index < -0.39 is 0 Å². The van der Waals surface area contributed by atoms with E-state index in [0.717, 1.165) is 22.2 Å². The van der Waals surface area contributed by atoms with E-state index in [1.165, 1.54) is 0 Å². The molecule has 0 aliphatic heterocycles. The monoisotopic (exact) mass is 365 g/mol. The average molecular weight is 366 g/mol. The number of halogens is 1. The Hall–Kier alpha value is -3.05. The summed E-state index contributed by atoms with van der Waals surface area (Å²) < 4.78 is 7.43. The number of rotatable bonds is 4. The second-order valence-corrected chi connectivity index (χ2v) is 6.44. The molecule has 0 saturated heterocycles. The summed E-state index contributed by atoms with van der Waals surface area (Å²) in [6, 6.07) is 15.0. The molecule has 0 atom stereocenters. The molecule has 4 rings (SSSR count). The van der Waals surface area contributed by atoms with Crippen molar-refractivity contribution in [3.63, 3.8) is 0 Å². The fourth-order valence-electron chi connectivity index (χ4n) is 2.84. The van der Waals surface area contributed by atoms with Crippen molar-refractivity contribution < 1.29 is 9.21 Å². The topological polar surface area (TPSA) is 60.1 Å². The van der Waals surface area contributed by atoms with Crippen LogP contribution in [0, 0.1) is 6.92 Å². The van der Waals surface area contributed by atoms with Crippen LogP contribution in [0.15, 0.2) is 65.3 Å². The molecular formula is C20H16ClN3O2. The summed E-state index contributed by atoms with van der Waals surface area (Å²) in [5.74, 6) is 0.106. The molecule has 0 aliphatic rings. The number of furan rings is 1. The van der Waals surface area contributed by atoms with Crippen LogP contribution in [0.25, 0.3) is 16.7 Å². The lowest BCUT2D eigenvalue weighted by atomic mass is 10.1. The van der Waals surface area contributed by atoms with Crippen LogP contribution < -0.4 is 5.32 Å². The lowest BCUT2D eigenvalue weighted by Crippen LogP contribution is -2.22. The van der Waals surface area contributed by atoms with Crippen molar-refractivity contribution in [3.05, 3.63) is 82.8 Å². The number of aryl methyl sites for hydroxylation is 1. The molecule has 6 heteroatoms. The number of hydrogen-bond donors (Lipinski definition) is 1. The summed E-state index contributed by atoms with van der Waals surface area (Å²) in [5, 5.41) is 8.83. The lowest BCUT2D eigenvalue weighted by molar-refractivity contribution is 0.0924. The highest BCUT2D eigenvalue weighted by molar-refractivity contribution is 6.30. The van der Waals surface area contributed by atoms with E-state index in [0.29, 0.717) is 22.9 Å². The number of hydrogen-bond acceptors (Lipinski definition) is 3. The lowest BCUT2D eigenvalue weighted by Gasteiger charge is -2.02. The van der Waals surface area contributed by atoms with Gasteiger partial charge in [0.15, 0.2) is 5.76 Å². The van der Waals surface area contributed by atoms with Crippen molar-refractivity contribution in [2.75, 3.05) is 0 Å². The molecule has 2 heterocycles. The highest BCUT2D eigenvalue weighted by atomic mass is 35.5. The summed E-state index contributed by atoms with van der Waals surface area (Å²) >= 11 is 5.90. The quantitative estimate of drug-likeness (QED) is 0.578. The number of carbonyl (C=O) groups excluding carboxylic acids is 1. The first kappa shape index (κ1) is 16.4. The van der Waals surface area contributed by atoms with E-state index in [1.807, 2.05) is 61.7 Å². The van der Waals surface area contributed by atoms with E-state index in [4.69, 9.17) is 16.0 Å². The molecule has 26 heavy (non-hydrogen) atoms. The third-order valence-electron chi connectivity index (χ3n) is 4.23. The van der Waals surface area contributed by atoms with Gasteiger partial charge in [0, 0.05) is 34.3 Å². The molecule has 0 saturated carbocycles. The number of aromatic nitrogens is 2. The molecule has 0 aliphatic carbocycles. The fraction of sp³-hybridized carbons (Fsp3) is 0.100. The summed E-state index contributed by atoms with van der Waals surface area (Å²) in [4.78, 5) is 12.5. The summed E-state index contributed by atoms with van der Waals surface area (Å²) in [6.07, 6.45) is 3.59. The minimum atomic E-state index is -0.238. The molecule has 0 unspecified atom stereocenters. The first-order chi connectivity index (χ1) is 12.6. The molecule has 2 aromatic heterocycles. The second-order valence-electron chi connectivity index (χ2n) is 6.00. The SMILES string of the molecule is Cc1c(C(=O)NCc2cnn(-c3ccc(Cl)cc3)c2)oc2ccccc12. The molecule has 2 aromatic carbocycles. The average Bonchev–Trinajstić information content (AvgIpc) is 3.26. The van der Waals surface area contributed by atoms with Gasteiger partial charge in [-0.2, -0.15) is 5.10 Å². The molecule has 0 fully saturated rings. The van der Waals surface area contributed by atoms with Crippen molar-refractivity contribution in [2.24, 2.45) is 0 Å². The number of para-hydroxylation sites is 1. The molecule has 0 bridgehead atoms. The number of carbonyl (C=O) groups is 1. The Morgan fingerprint density at radius 2 is 1.96 bits per heavy atom. The fourth-order valence-corrected chi connectivity index (χ4v) is 2.97. The maximum absolute atomic E-state index is 12.5. The van der Waals surface area contributed by atoms with Gasteiger partial charge in [-0.25, -0.2) is 4.68 Å². The van der Waals surface area contributed by atoms with Crippen molar-refractivity contribution in [2.45, 2.75) is 13.5 Å². The number of nitrogens with one attached hydrogen (secondary N) is 1. The Labute approximate surface area is 155 Å². The molecule has 5 nitrogen and oxygen atoms in total. The standard InChI is InChI=1S/C20H16ClN3O2/c1-13-17-4-2-3-5-18(17)26-19(13)20(25)22-10-14-11-23-24(12-14)16-8-6-15(21)7-9-16/h2-9,11-12H,10H2,1H3,(H,22,25). The largest absolute Gasteiger partial charge is 0.451 e. The maximum Gasteiger partial charge on any atom is 0.287 e. The summed E-state index contributed by atoms with van der Waals surface area (Å²) in [5.41, 5.74) is 3.35. The molecule has 1 amide bonds. The second kappa shape index (κ2) is 6.69. The van der Waals surface area contributed by atoms with Crippen LogP contribution in [0.4, 0.5) is 0 Å². The molecule has 0 radical (unpaired) electrons. The van der Waals surface area contributed by atoms with Gasteiger partial charge in [0.25, 0.3) is 5.91 Å². The van der Waals surface area contributed by atoms with Gasteiger partial charge in [0.2, 0.25) is 0 Å². The Morgan fingerprint density at radius 1 is 1.19 bits per heavy atom. The third-order valence-corrected chi connectivity index (χ3v) is 4.48. The van der Waals surface area contributed by atoms with Gasteiger partial charge in [-0.15, -0.1) is 0 Å². The highest BCUT2D eigenvalue weighted by Gasteiger charge is 2.17. The Bertz CT molecular complexity index is 1080. The zero-order valence-corrected chi connectivity index (χ0v) is 14.8. The normalized spacial score (nSPS) is 11.0. The van der Waals surface area contributed by atoms with E-state index in [9.17, 15) is 4.79 Å². The van der Waals surface area contributed by atoms with Gasteiger partial charge >= 0.3 is 0 Å². The Balaban J connectivity index is 1.47. The van der Waals surface area contributed by atoms with Crippen LogP contribution in [0.3, 0.4) is 0 Å². The van der Waals surface area contributed by atoms with E-state index in [1.54, 1.807) is 10.9 Å². The summed E-state index contributed by atoms with van der Waals surface area (Å²) in [6.45, 7) is 2.25. The van der Waals surface area contributed by atoms with Crippen LogP contribution in [0.2, 0.25) is 5.02 Å². The van der Waals surface area contributed by atoms with Gasteiger partial charge in [-0.1, -0.05) is 29.8 Å². The van der Waals surface area contributed by atoms with Crippen molar-refractivity contribution >= 4 is 28.5 Å². The minimum Gasteiger partial charge on any atom is -0.451 e. The minimum absolute atomic E-state index is 0.238. The number of nitrogens with zero attached hydrogens (tertiary/aromatic N) is 2. The van der Waals surface area contributed by atoms with Crippen LogP contribution in [-0.4, -0.2) is 15.7 Å². The van der Waals surface area contributed by atoms with E-state index in [2.05, 4.69) is 10.4 Å². The number of amides is 1. The predicted octanol–water partition coefficient (Wildman–Crippen LogP) is 4.51. The molecular weight excluding hydrogens is 350 g/mol. The van der Waals surface area contributed by atoms with E-state index >= 15 is 0 Å². The smallest absolute Gasteiger partial charge is 0.287 e. The number of benzene rings is 2. The highest BCUT2D eigenvalue weighted by Crippen LogP contribution is 2.24. The zero-order chi connectivity index (χ0) is 18.1. The molecule has 130 valence electrons. The van der Waals surface area contributed by atoms with Gasteiger partial charge in [-0.05, 0) is 37.3 Å².